The maximum Gasteiger partial charge on any atom is 0.404 e. The number of benzene rings is 1. The number of primary amides is 1. The van der Waals surface area contributed by atoms with Gasteiger partial charge in [0, 0.05) is 23.9 Å². The number of nitrogens with zero attached hydrogens (tertiary/aromatic N) is 2. The number of hydrogen-bond acceptors (Lipinski definition) is 6. The highest BCUT2D eigenvalue weighted by Crippen LogP contribution is 2.27. The van der Waals surface area contributed by atoms with Crippen LogP contribution < -0.4 is 5.73 Å². The minimum absolute atomic E-state index is 0.0255. The van der Waals surface area contributed by atoms with Crippen LogP contribution in [-0.4, -0.2) is 16.0 Å². The Bertz CT molecular complexity index is 609. The van der Waals surface area contributed by atoms with Gasteiger partial charge in [-0.3, -0.25) is 10.1 Å². The number of ether oxygens (including phenoxy) is 1. The van der Waals surface area contributed by atoms with E-state index in [1.54, 1.807) is 18.3 Å². The number of non-ortho nitro benzene ring substituents is 1. The quantitative estimate of drug-likeness (QED) is 0.682. The number of nitrogens with two attached hydrogens (primary N) is 1. The van der Waals surface area contributed by atoms with Crippen LogP contribution in [0.2, 0.25) is 0 Å². The fourth-order valence-electron chi connectivity index (χ4n) is 1.38. The minimum atomic E-state index is -0.842. The summed E-state index contributed by atoms with van der Waals surface area (Å²) in [6, 6.07) is 6.07. The van der Waals surface area contributed by atoms with Crippen LogP contribution in [0, 0.1) is 10.1 Å². The molecule has 0 aliphatic heterocycles. The molecule has 2 rings (SSSR count). The van der Waals surface area contributed by atoms with Crippen molar-refractivity contribution in [3.05, 3.63) is 45.5 Å². The van der Waals surface area contributed by atoms with Gasteiger partial charge >= 0.3 is 6.09 Å². The smallest absolute Gasteiger partial charge is 0.404 e. The number of thiazole rings is 1. The van der Waals surface area contributed by atoms with E-state index in [2.05, 4.69) is 9.72 Å². The van der Waals surface area contributed by atoms with Crippen molar-refractivity contribution in [3.8, 4) is 10.6 Å². The van der Waals surface area contributed by atoms with Gasteiger partial charge < -0.3 is 10.5 Å². The average molecular weight is 279 g/mol. The van der Waals surface area contributed by atoms with Crippen molar-refractivity contribution in [2.45, 2.75) is 6.61 Å². The van der Waals surface area contributed by atoms with Gasteiger partial charge in [0.25, 0.3) is 5.69 Å². The molecule has 0 radical (unpaired) electrons. The number of nitro groups is 1. The van der Waals surface area contributed by atoms with E-state index in [1.165, 1.54) is 23.5 Å². The summed E-state index contributed by atoms with van der Waals surface area (Å²) >= 11 is 1.33. The predicted octanol–water partition coefficient (Wildman–Crippen LogP) is 2.31. The highest BCUT2D eigenvalue weighted by atomic mass is 32.1. The second-order valence-electron chi connectivity index (χ2n) is 3.54. The van der Waals surface area contributed by atoms with E-state index >= 15 is 0 Å². The van der Waals surface area contributed by atoms with Gasteiger partial charge in [0.2, 0.25) is 0 Å². The van der Waals surface area contributed by atoms with Crippen LogP contribution in [-0.2, 0) is 11.3 Å². The van der Waals surface area contributed by atoms with Gasteiger partial charge in [-0.2, -0.15) is 0 Å². The first-order valence-electron chi connectivity index (χ1n) is 5.18. The molecular weight excluding hydrogens is 270 g/mol. The Morgan fingerprint density at radius 1 is 1.42 bits per heavy atom. The summed E-state index contributed by atoms with van der Waals surface area (Å²) < 4.78 is 4.65. The fourth-order valence-corrected chi connectivity index (χ4v) is 2.21. The van der Waals surface area contributed by atoms with Crippen molar-refractivity contribution >= 4 is 23.1 Å². The number of hydrogen-bond donors (Lipinski definition) is 1. The number of carbonyl (C=O) groups excluding carboxylic acids is 1. The molecule has 0 fully saturated rings. The molecule has 0 saturated heterocycles. The topological polar surface area (TPSA) is 108 Å². The molecule has 19 heavy (non-hydrogen) atoms. The molecule has 2 aromatic rings. The summed E-state index contributed by atoms with van der Waals surface area (Å²) in [6.07, 6.45) is 0.731. The zero-order valence-corrected chi connectivity index (χ0v) is 10.4. The van der Waals surface area contributed by atoms with Crippen molar-refractivity contribution in [1.29, 1.82) is 0 Å². The molecule has 1 amide bonds. The molecule has 0 saturated carbocycles. The zero-order valence-electron chi connectivity index (χ0n) is 9.61. The highest BCUT2D eigenvalue weighted by molar-refractivity contribution is 7.15. The first kappa shape index (κ1) is 13.0. The Balaban J connectivity index is 2.13. The van der Waals surface area contributed by atoms with E-state index in [1.807, 2.05) is 0 Å². The number of amides is 1. The first-order chi connectivity index (χ1) is 9.06. The molecule has 98 valence electrons. The Kier molecular flexibility index (Phi) is 3.71. The van der Waals surface area contributed by atoms with Gasteiger partial charge in [-0.1, -0.05) is 0 Å². The monoisotopic (exact) mass is 279 g/mol. The van der Waals surface area contributed by atoms with Gasteiger partial charge in [-0.25, -0.2) is 9.78 Å². The summed E-state index contributed by atoms with van der Waals surface area (Å²) in [5, 5.41) is 11.2. The molecule has 7 nitrogen and oxygen atoms in total. The van der Waals surface area contributed by atoms with E-state index in [4.69, 9.17) is 5.73 Å². The largest absolute Gasteiger partial charge is 0.444 e. The van der Waals surface area contributed by atoms with Crippen LogP contribution in [0.15, 0.2) is 30.5 Å². The SMILES string of the molecule is NC(=O)OCc1cnc(-c2ccc([N+](=O)[O-])cc2)s1. The second kappa shape index (κ2) is 5.44. The molecule has 1 aromatic carbocycles. The number of carbonyl (C=O) groups is 1. The molecule has 0 aliphatic carbocycles. The van der Waals surface area contributed by atoms with Crippen molar-refractivity contribution in [3.63, 3.8) is 0 Å². The van der Waals surface area contributed by atoms with E-state index in [-0.39, 0.29) is 12.3 Å². The van der Waals surface area contributed by atoms with Crippen LogP contribution >= 0.6 is 11.3 Å². The average Bonchev–Trinajstić information content (AvgIpc) is 2.85. The van der Waals surface area contributed by atoms with Crippen molar-refractivity contribution in [2.75, 3.05) is 0 Å². The van der Waals surface area contributed by atoms with Crippen molar-refractivity contribution in [2.24, 2.45) is 5.73 Å². The highest BCUT2D eigenvalue weighted by Gasteiger charge is 2.09. The maximum absolute atomic E-state index is 10.5. The molecule has 8 heteroatoms. The van der Waals surface area contributed by atoms with Crippen LogP contribution in [0.4, 0.5) is 10.5 Å². The lowest BCUT2D eigenvalue weighted by Crippen LogP contribution is -2.12. The molecular formula is C11H9N3O4S. The molecule has 2 N–H and O–H groups in total. The van der Waals surface area contributed by atoms with Crippen LogP contribution in [0.1, 0.15) is 4.88 Å². The summed E-state index contributed by atoms with van der Waals surface area (Å²) in [4.78, 5) is 25.4. The lowest BCUT2D eigenvalue weighted by atomic mass is 10.2. The number of nitro benzene ring substituents is 1. The minimum Gasteiger partial charge on any atom is -0.444 e. The van der Waals surface area contributed by atoms with Gasteiger partial charge in [0.1, 0.15) is 11.6 Å². The predicted molar refractivity (Wildman–Crippen MR) is 68.6 cm³/mol. The van der Waals surface area contributed by atoms with E-state index in [0.29, 0.717) is 5.01 Å². The first-order valence-corrected chi connectivity index (χ1v) is 5.99. The van der Waals surface area contributed by atoms with Crippen molar-refractivity contribution < 1.29 is 14.5 Å². The van der Waals surface area contributed by atoms with Crippen LogP contribution in [0.3, 0.4) is 0 Å². The van der Waals surface area contributed by atoms with Gasteiger partial charge in [0.15, 0.2) is 0 Å². The van der Waals surface area contributed by atoms with Crippen LogP contribution in [0.25, 0.3) is 10.6 Å². The van der Waals surface area contributed by atoms with Crippen molar-refractivity contribution in [1.82, 2.24) is 4.98 Å². The van der Waals surface area contributed by atoms with Crippen LogP contribution in [0.5, 0.6) is 0 Å². The molecule has 1 aromatic heterocycles. The number of aromatic nitrogens is 1. The third-order valence-corrected chi connectivity index (χ3v) is 3.26. The standard InChI is InChI=1S/C11H9N3O4S/c12-11(15)18-6-9-5-13-10(19-9)7-1-3-8(4-2-7)14(16)17/h1-5H,6H2,(H2,12,15). The molecule has 0 unspecified atom stereocenters. The summed E-state index contributed by atoms with van der Waals surface area (Å²) in [7, 11) is 0. The summed E-state index contributed by atoms with van der Waals surface area (Å²) in [5.41, 5.74) is 5.65. The summed E-state index contributed by atoms with van der Waals surface area (Å²) in [6.45, 7) is 0.0694. The molecule has 0 aliphatic rings. The Labute approximate surface area is 111 Å². The molecule has 1 heterocycles. The summed E-state index contributed by atoms with van der Waals surface area (Å²) in [5.74, 6) is 0. The van der Waals surface area contributed by atoms with E-state index in [0.717, 1.165) is 10.4 Å². The lowest BCUT2D eigenvalue weighted by molar-refractivity contribution is -0.384. The molecule has 0 spiro atoms. The third-order valence-electron chi connectivity index (χ3n) is 2.24. The normalized spacial score (nSPS) is 10.1. The lowest BCUT2D eigenvalue weighted by Gasteiger charge is -1.97. The Morgan fingerprint density at radius 3 is 2.68 bits per heavy atom. The van der Waals surface area contributed by atoms with Gasteiger partial charge in [-0.05, 0) is 12.1 Å². The Hall–Kier alpha value is -2.48. The van der Waals surface area contributed by atoms with Gasteiger partial charge in [0.05, 0.1) is 9.80 Å². The second-order valence-corrected chi connectivity index (χ2v) is 4.66. The Morgan fingerprint density at radius 2 is 2.11 bits per heavy atom. The maximum atomic E-state index is 10.5. The molecule has 0 atom stereocenters. The number of rotatable bonds is 4. The third kappa shape index (κ3) is 3.26. The molecule has 0 bridgehead atoms. The van der Waals surface area contributed by atoms with Gasteiger partial charge in [-0.15, -0.1) is 11.3 Å². The zero-order chi connectivity index (χ0) is 13.8. The van der Waals surface area contributed by atoms with E-state index in [9.17, 15) is 14.9 Å². The fraction of sp³-hybridized carbons (Fsp3) is 0.0909. The van der Waals surface area contributed by atoms with E-state index < -0.39 is 11.0 Å².